The van der Waals surface area contributed by atoms with Crippen LogP contribution in [-0.2, 0) is 6.42 Å². The molecular formula is C18H15NO3. The van der Waals surface area contributed by atoms with Crippen LogP contribution in [0.15, 0.2) is 48.5 Å². The molecule has 4 nitrogen and oxygen atoms in total. The van der Waals surface area contributed by atoms with E-state index in [0.29, 0.717) is 12.2 Å². The van der Waals surface area contributed by atoms with Crippen LogP contribution in [-0.4, -0.2) is 23.8 Å². The lowest BCUT2D eigenvalue weighted by molar-refractivity contribution is -0.483. The molecule has 0 radical (unpaired) electrons. The Morgan fingerprint density at radius 1 is 1.09 bits per heavy atom. The summed E-state index contributed by atoms with van der Waals surface area (Å²) in [5, 5.41) is 12.2. The molecule has 4 rings (SSSR count). The highest BCUT2D eigenvalue weighted by Gasteiger charge is 2.25. The molecule has 1 atom stereocenters. The Hall–Kier alpha value is -2.75. The van der Waals surface area contributed by atoms with Crippen LogP contribution >= 0.6 is 0 Å². The van der Waals surface area contributed by atoms with Crippen LogP contribution in [0, 0.1) is 5.21 Å². The highest BCUT2D eigenvalue weighted by atomic mass is 16.7. The first kappa shape index (κ1) is 13.0. The van der Waals surface area contributed by atoms with Crippen molar-refractivity contribution in [2.24, 2.45) is 0 Å². The predicted molar refractivity (Wildman–Crippen MR) is 84.3 cm³/mol. The highest BCUT2D eigenvalue weighted by molar-refractivity contribution is 5.81. The number of hydrogen-bond donors (Lipinski definition) is 0. The zero-order chi connectivity index (χ0) is 14.9. The number of rotatable bonds is 2. The molecule has 2 aliphatic heterocycles. The van der Waals surface area contributed by atoms with Crippen molar-refractivity contribution >= 4 is 12.3 Å². The quantitative estimate of drug-likeness (QED) is 0.631. The molecule has 0 saturated heterocycles. The second-order valence-electron chi connectivity index (χ2n) is 5.43. The van der Waals surface area contributed by atoms with E-state index < -0.39 is 0 Å². The van der Waals surface area contributed by atoms with Gasteiger partial charge in [0, 0.05) is 12.0 Å². The molecule has 0 aliphatic carbocycles. The van der Waals surface area contributed by atoms with Gasteiger partial charge in [-0.15, -0.1) is 0 Å². The third kappa shape index (κ3) is 2.33. The van der Waals surface area contributed by atoms with E-state index in [9.17, 15) is 5.21 Å². The van der Waals surface area contributed by atoms with E-state index in [-0.39, 0.29) is 12.8 Å². The molecule has 0 spiro atoms. The minimum absolute atomic E-state index is 0.201. The van der Waals surface area contributed by atoms with Gasteiger partial charge in [0.2, 0.25) is 6.79 Å². The minimum atomic E-state index is -0.201. The van der Waals surface area contributed by atoms with Gasteiger partial charge in [0.05, 0.1) is 0 Å². The largest absolute Gasteiger partial charge is 0.623 e. The molecule has 2 aromatic carbocycles. The summed E-state index contributed by atoms with van der Waals surface area (Å²) in [6.45, 7) is 0.247. The van der Waals surface area contributed by atoms with Crippen LogP contribution in [0.3, 0.4) is 0 Å². The lowest BCUT2D eigenvalue weighted by Gasteiger charge is -2.20. The number of benzene rings is 2. The minimum Gasteiger partial charge on any atom is -0.623 e. The van der Waals surface area contributed by atoms with E-state index in [1.54, 1.807) is 6.21 Å². The molecule has 4 heteroatoms. The number of fused-ring (bicyclic) bond motifs is 2. The molecule has 110 valence electrons. The standard InChI is InChI=1S/C18H15NO3/c20-19-11-15-10-18-17(21-12-22-18)9-14(15)8-16(19)7-6-13-4-2-1-3-5-13/h1-7,9-11,16H,8,12H2/b7-6+. The van der Waals surface area contributed by atoms with Gasteiger partial charge in [-0.05, 0) is 29.3 Å². The summed E-state index contributed by atoms with van der Waals surface area (Å²) >= 11 is 0. The third-order valence-electron chi connectivity index (χ3n) is 3.97. The van der Waals surface area contributed by atoms with Gasteiger partial charge < -0.3 is 14.7 Å². The van der Waals surface area contributed by atoms with Crippen LogP contribution < -0.4 is 9.47 Å². The van der Waals surface area contributed by atoms with Crippen LogP contribution in [0.5, 0.6) is 11.5 Å². The summed E-state index contributed by atoms with van der Waals surface area (Å²) in [4.78, 5) is 0. The number of nitrogens with zero attached hydrogens (tertiary/aromatic N) is 1. The first-order valence-corrected chi connectivity index (χ1v) is 7.26. The molecule has 1 unspecified atom stereocenters. The van der Waals surface area contributed by atoms with Crippen molar-refractivity contribution in [2.75, 3.05) is 6.79 Å². The lowest BCUT2D eigenvalue weighted by Crippen LogP contribution is -2.28. The van der Waals surface area contributed by atoms with Gasteiger partial charge >= 0.3 is 0 Å². The van der Waals surface area contributed by atoms with Crippen molar-refractivity contribution in [3.63, 3.8) is 0 Å². The lowest BCUT2D eigenvalue weighted by atomic mass is 9.96. The summed E-state index contributed by atoms with van der Waals surface area (Å²) in [5.74, 6) is 1.47. The Balaban J connectivity index is 1.62. The number of ether oxygens (including phenoxy) is 2. The first-order valence-electron chi connectivity index (χ1n) is 7.26. The molecule has 2 aliphatic rings. The Morgan fingerprint density at radius 2 is 1.86 bits per heavy atom. The van der Waals surface area contributed by atoms with E-state index in [1.165, 1.54) is 0 Å². The van der Waals surface area contributed by atoms with Gasteiger partial charge in [-0.3, -0.25) is 0 Å². The molecule has 0 aromatic heterocycles. The van der Waals surface area contributed by atoms with Crippen molar-refractivity contribution in [3.8, 4) is 11.5 Å². The second kappa shape index (κ2) is 5.22. The van der Waals surface area contributed by atoms with Gasteiger partial charge in [0.25, 0.3) is 0 Å². The van der Waals surface area contributed by atoms with Gasteiger partial charge in [-0.1, -0.05) is 36.4 Å². The summed E-state index contributed by atoms with van der Waals surface area (Å²) in [7, 11) is 0. The fraction of sp³-hybridized carbons (Fsp3) is 0.167. The molecule has 0 N–H and O–H groups in total. The Bertz CT molecular complexity index is 765. The number of hydrogen-bond acceptors (Lipinski definition) is 3. The van der Waals surface area contributed by atoms with E-state index in [0.717, 1.165) is 27.2 Å². The SMILES string of the molecule is [O-][N+]1=Cc2cc3c(cc2CC1/C=C/c1ccccc1)OCO3. The fourth-order valence-electron chi connectivity index (χ4n) is 2.78. The van der Waals surface area contributed by atoms with Crippen molar-refractivity contribution in [1.82, 2.24) is 0 Å². The molecule has 22 heavy (non-hydrogen) atoms. The molecule has 2 heterocycles. The van der Waals surface area contributed by atoms with Crippen LogP contribution in [0.4, 0.5) is 0 Å². The Labute approximate surface area is 128 Å². The zero-order valence-corrected chi connectivity index (χ0v) is 11.9. The highest BCUT2D eigenvalue weighted by Crippen LogP contribution is 2.35. The van der Waals surface area contributed by atoms with Crippen LogP contribution in [0.1, 0.15) is 16.7 Å². The Morgan fingerprint density at radius 3 is 2.68 bits per heavy atom. The van der Waals surface area contributed by atoms with Gasteiger partial charge in [0.1, 0.15) is 0 Å². The molecule has 0 amide bonds. The van der Waals surface area contributed by atoms with Crippen molar-refractivity contribution in [2.45, 2.75) is 12.5 Å². The second-order valence-corrected chi connectivity index (χ2v) is 5.43. The van der Waals surface area contributed by atoms with E-state index in [1.807, 2.05) is 54.6 Å². The van der Waals surface area contributed by atoms with Crippen LogP contribution in [0.25, 0.3) is 6.08 Å². The van der Waals surface area contributed by atoms with Gasteiger partial charge in [-0.2, -0.15) is 0 Å². The maximum atomic E-state index is 12.2. The molecular weight excluding hydrogens is 278 g/mol. The summed E-state index contributed by atoms with van der Waals surface area (Å²) < 4.78 is 11.8. The van der Waals surface area contributed by atoms with Crippen molar-refractivity contribution < 1.29 is 14.2 Å². The smallest absolute Gasteiger partial charge is 0.231 e. The topological polar surface area (TPSA) is 44.5 Å². The third-order valence-corrected chi connectivity index (χ3v) is 3.97. The fourth-order valence-corrected chi connectivity index (χ4v) is 2.78. The number of hydroxylamine groups is 1. The summed E-state index contributed by atoms with van der Waals surface area (Å²) in [6, 6.07) is 13.6. The Kier molecular flexibility index (Phi) is 3.07. The maximum Gasteiger partial charge on any atom is 0.231 e. The predicted octanol–water partition coefficient (Wildman–Crippen LogP) is 2.98. The van der Waals surface area contributed by atoms with Crippen LogP contribution in [0.2, 0.25) is 0 Å². The normalized spacial score (nSPS) is 19.1. The van der Waals surface area contributed by atoms with E-state index >= 15 is 0 Å². The van der Waals surface area contributed by atoms with Gasteiger partial charge in [0.15, 0.2) is 23.8 Å². The van der Waals surface area contributed by atoms with E-state index in [4.69, 9.17) is 9.47 Å². The molecule has 0 saturated carbocycles. The molecule has 2 aromatic rings. The monoisotopic (exact) mass is 293 g/mol. The average molecular weight is 293 g/mol. The van der Waals surface area contributed by atoms with Crippen molar-refractivity contribution in [3.05, 3.63) is 70.4 Å². The summed E-state index contributed by atoms with van der Waals surface area (Å²) in [6.07, 6.45) is 6.23. The molecule has 0 bridgehead atoms. The van der Waals surface area contributed by atoms with Crippen molar-refractivity contribution in [1.29, 1.82) is 0 Å². The maximum absolute atomic E-state index is 12.2. The van der Waals surface area contributed by atoms with E-state index in [2.05, 4.69) is 0 Å². The summed E-state index contributed by atoms with van der Waals surface area (Å²) in [5.41, 5.74) is 3.11. The zero-order valence-electron chi connectivity index (χ0n) is 11.9. The van der Waals surface area contributed by atoms with Gasteiger partial charge in [-0.25, -0.2) is 4.74 Å². The molecule has 0 fully saturated rings. The average Bonchev–Trinajstić information content (AvgIpc) is 2.99. The first-order chi connectivity index (χ1) is 10.8.